The molecule has 97 valence electrons. The first-order valence-electron chi connectivity index (χ1n) is 5.75. The monoisotopic (exact) mass is 265 g/mol. The van der Waals surface area contributed by atoms with E-state index in [1.165, 1.54) is 6.92 Å². The Morgan fingerprint density at radius 1 is 1.22 bits per heavy atom. The van der Waals surface area contributed by atoms with Crippen LogP contribution in [0, 0.1) is 0 Å². The van der Waals surface area contributed by atoms with E-state index in [4.69, 9.17) is 8.85 Å². The van der Waals surface area contributed by atoms with Gasteiger partial charge in [0, 0.05) is 19.3 Å². The number of carbonyl (C=O) groups excluding carboxylic acids is 2. The predicted octanol–water partition coefficient (Wildman–Crippen LogP) is 1.23. The normalized spacial score (nSPS) is 10.7. The van der Waals surface area contributed by atoms with Gasteiger partial charge in [-0.2, -0.15) is 0 Å². The largest absolute Gasteiger partial charge is 0.423 e. The third-order valence-corrected chi connectivity index (χ3v) is 4.04. The molecule has 0 heterocycles. The molecule has 0 spiro atoms. The standard InChI is InChI=1S/C13H17O4Si/c1-4-17-18(16-3)12-7-5-11(6-8-12)13(15)9-10(2)14/h5-8H,4,9H2,1-3H3. The maximum Gasteiger partial charge on any atom is 0.423 e. The third-order valence-electron chi connectivity index (χ3n) is 2.31. The fraction of sp³-hybridized carbons (Fsp3) is 0.385. The van der Waals surface area contributed by atoms with Crippen molar-refractivity contribution in [3.8, 4) is 0 Å². The molecule has 0 saturated carbocycles. The first kappa shape index (κ1) is 14.8. The highest BCUT2D eigenvalue weighted by Crippen LogP contribution is 2.03. The van der Waals surface area contributed by atoms with Crippen molar-refractivity contribution in [1.29, 1.82) is 0 Å². The van der Waals surface area contributed by atoms with E-state index in [1.54, 1.807) is 19.2 Å². The zero-order valence-electron chi connectivity index (χ0n) is 10.9. The van der Waals surface area contributed by atoms with Gasteiger partial charge < -0.3 is 8.85 Å². The summed E-state index contributed by atoms with van der Waals surface area (Å²) in [6, 6.07) is 7.06. The van der Waals surface area contributed by atoms with Crippen LogP contribution in [0.3, 0.4) is 0 Å². The summed E-state index contributed by atoms with van der Waals surface area (Å²) in [6.07, 6.45) is -0.0487. The summed E-state index contributed by atoms with van der Waals surface area (Å²) in [7, 11) is 0.155. The minimum absolute atomic E-state index is 0.0487. The van der Waals surface area contributed by atoms with Gasteiger partial charge in [0.25, 0.3) is 0 Å². The average Bonchev–Trinajstić information content (AvgIpc) is 2.35. The van der Waals surface area contributed by atoms with Gasteiger partial charge in [-0.1, -0.05) is 24.3 Å². The zero-order valence-corrected chi connectivity index (χ0v) is 11.9. The first-order valence-corrected chi connectivity index (χ1v) is 7.07. The van der Waals surface area contributed by atoms with Gasteiger partial charge in [0.05, 0.1) is 6.42 Å². The van der Waals surface area contributed by atoms with E-state index < -0.39 is 9.28 Å². The van der Waals surface area contributed by atoms with Crippen LogP contribution in [0.1, 0.15) is 30.6 Å². The molecule has 0 aromatic heterocycles. The van der Waals surface area contributed by atoms with Crippen LogP contribution in [-0.2, 0) is 13.6 Å². The van der Waals surface area contributed by atoms with E-state index in [-0.39, 0.29) is 18.0 Å². The summed E-state index contributed by atoms with van der Waals surface area (Å²) in [5.41, 5.74) is 0.544. The lowest BCUT2D eigenvalue weighted by molar-refractivity contribution is -0.116. The van der Waals surface area contributed by atoms with Gasteiger partial charge in [0.15, 0.2) is 5.78 Å². The maximum atomic E-state index is 11.7. The fourth-order valence-electron chi connectivity index (χ4n) is 1.51. The molecule has 1 radical (unpaired) electrons. The van der Waals surface area contributed by atoms with Crippen LogP contribution in [-0.4, -0.2) is 34.6 Å². The maximum absolute atomic E-state index is 11.7. The minimum atomic E-state index is -1.46. The molecular formula is C13H17O4Si. The quantitative estimate of drug-likeness (QED) is 0.423. The lowest BCUT2D eigenvalue weighted by atomic mass is 10.1. The molecule has 0 aliphatic rings. The van der Waals surface area contributed by atoms with Gasteiger partial charge in [0.2, 0.25) is 0 Å². The van der Waals surface area contributed by atoms with Gasteiger partial charge in [0.1, 0.15) is 5.78 Å². The number of carbonyl (C=O) groups is 2. The highest BCUT2D eigenvalue weighted by Gasteiger charge is 2.17. The van der Waals surface area contributed by atoms with Crippen LogP contribution in [0.4, 0.5) is 0 Å². The fourth-order valence-corrected chi connectivity index (χ4v) is 2.73. The molecule has 0 amide bonds. The van der Waals surface area contributed by atoms with Crippen LogP contribution in [0.25, 0.3) is 0 Å². The Balaban J connectivity index is 2.78. The zero-order chi connectivity index (χ0) is 13.5. The second-order valence-corrected chi connectivity index (χ2v) is 5.65. The molecule has 0 bridgehead atoms. The summed E-state index contributed by atoms with van der Waals surface area (Å²) >= 11 is 0. The summed E-state index contributed by atoms with van der Waals surface area (Å²) in [6.45, 7) is 3.91. The molecule has 0 atom stereocenters. The van der Waals surface area contributed by atoms with E-state index in [9.17, 15) is 9.59 Å². The molecule has 1 aromatic carbocycles. The van der Waals surface area contributed by atoms with E-state index in [0.29, 0.717) is 12.2 Å². The van der Waals surface area contributed by atoms with Crippen LogP contribution in [0.15, 0.2) is 24.3 Å². The van der Waals surface area contributed by atoms with E-state index >= 15 is 0 Å². The minimum Gasteiger partial charge on any atom is -0.393 e. The number of ketones is 2. The van der Waals surface area contributed by atoms with Crippen LogP contribution >= 0.6 is 0 Å². The van der Waals surface area contributed by atoms with Crippen molar-refractivity contribution >= 4 is 26.0 Å². The third kappa shape index (κ3) is 4.18. The van der Waals surface area contributed by atoms with Gasteiger partial charge >= 0.3 is 9.28 Å². The van der Waals surface area contributed by atoms with Gasteiger partial charge in [-0.3, -0.25) is 9.59 Å². The van der Waals surface area contributed by atoms with E-state index in [0.717, 1.165) is 5.19 Å². The Hall–Kier alpha value is -1.30. The van der Waals surface area contributed by atoms with Gasteiger partial charge in [-0.15, -0.1) is 0 Å². The lowest BCUT2D eigenvalue weighted by Crippen LogP contribution is -2.35. The molecule has 0 N–H and O–H groups in total. The van der Waals surface area contributed by atoms with Crippen molar-refractivity contribution in [3.05, 3.63) is 29.8 Å². The first-order chi connectivity index (χ1) is 8.58. The van der Waals surface area contributed by atoms with Crippen LogP contribution in [0.5, 0.6) is 0 Å². The molecule has 0 fully saturated rings. The molecule has 0 aliphatic heterocycles. The summed E-state index contributed by atoms with van der Waals surface area (Å²) in [5.74, 6) is -0.281. The Labute approximate surface area is 109 Å². The number of hydrogen-bond donors (Lipinski definition) is 0. The Morgan fingerprint density at radius 3 is 2.28 bits per heavy atom. The molecule has 18 heavy (non-hydrogen) atoms. The average molecular weight is 265 g/mol. The smallest absolute Gasteiger partial charge is 0.393 e. The Morgan fingerprint density at radius 2 is 1.83 bits per heavy atom. The topological polar surface area (TPSA) is 52.6 Å². The van der Waals surface area contributed by atoms with Crippen molar-refractivity contribution in [2.24, 2.45) is 0 Å². The summed E-state index contributed by atoms with van der Waals surface area (Å²) in [4.78, 5) is 22.5. The summed E-state index contributed by atoms with van der Waals surface area (Å²) in [5, 5.41) is 0.948. The van der Waals surface area contributed by atoms with Crippen molar-refractivity contribution < 1.29 is 18.4 Å². The second kappa shape index (κ2) is 7.20. The Kier molecular flexibility index (Phi) is 5.90. The molecule has 4 nitrogen and oxygen atoms in total. The number of benzene rings is 1. The van der Waals surface area contributed by atoms with Crippen LogP contribution in [0.2, 0.25) is 0 Å². The predicted molar refractivity (Wildman–Crippen MR) is 70.1 cm³/mol. The number of rotatable bonds is 7. The highest BCUT2D eigenvalue weighted by molar-refractivity contribution is 6.61. The number of Topliss-reactive ketones (excluding diaryl/α,β-unsaturated/α-hetero) is 2. The lowest BCUT2D eigenvalue weighted by Gasteiger charge is -2.11. The highest BCUT2D eigenvalue weighted by atomic mass is 28.3. The second-order valence-electron chi connectivity index (χ2n) is 3.80. The summed E-state index contributed by atoms with van der Waals surface area (Å²) < 4.78 is 10.8. The molecule has 1 rings (SSSR count). The van der Waals surface area contributed by atoms with Gasteiger partial charge in [-0.25, -0.2) is 0 Å². The van der Waals surface area contributed by atoms with Crippen molar-refractivity contribution in [3.63, 3.8) is 0 Å². The molecule has 0 saturated heterocycles. The molecule has 0 aliphatic carbocycles. The van der Waals surface area contributed by atoms with Gasteiger partial charge in [-0.05, 0) is 19.0 Å². The molecular weight excluding hydrogens is 248 g/mol. The van der Waals surface area contributed by atoms with E-state index in [1.807, 2.05) is 19.1 Å². The van der Waals surface area contributed by atoms with E-state index in [2.05, 4.69) is 0 Å². The molecule has 5 heteroatoms. The Bertz CT molecular complexity index is 414. The van der Waals surface area contributed by atoms with Crippen molar-refractivity contribution in [2.45, 2.75) is 20.3 Å². The molecule has 0 unspecified atom stereocenters. The SMILES string of the molecule is CCO[Si](OC)c1ccc(C(=O)CC(C)=O)cc1. The molecule has 1 aromatic rings. The van der Waals surface area contributed by atoms with Crippen molar-refractivity contribution in [2.75, 3.05) is 13.7 Å². The number of hydrogen-bond acceptors (Lipinski definition) is 4. The van der Waals surface area contributed by atoms with Crippen molar-refractivity contribution in [1.82, 2.24) is 0 Å². The van der Waals surface area contributed by atoms with Crippen LogP contribution < -0.4 is 5.19 Å².